The molecule has 0 aliphatic carbocycles. The summed E-state index contributed by atoms with van der Waals surface area (Å²) in [6.45, 7) is 6.43. The monoisotopic (exact) mass is 412 g/mol. The fourth-order valence-corrected chi connectivity index (χ4v) is 3.53. The second-order valence-corrected chi connectivity index (χ2v) is 7.24. The molecule has 29 heavy (non-hydrogen) atoms. The van der Waals surface area contributed by atoms with Crippen molar-refractivity contribution in [3.8, 4) is 0 Å². The van der Waals surface area contributed by atoms with Gasteiger partial charge in [0.25, 0.3) is 12.9 Å². The summed E-state index contributed by atoms with van der Waals surface area (Å²) in [5, 5.41) is 3.56. The van der Waals surface area contributed by atoms with Gasteiger partial charge in [0.1, 0.15) is 17.4 Å². The van der Waals surface area contributed by atoms with Crippen LogP contribution in [-0.2, 0) is 11.3 Å². The van der Waals surface area contributed by atoms with Crippen LogP contribution in [0.1, 0.15) is 48.3 Å². The van der Waals surface area contributed by atoms with Crippen LogP contribution in [0.3, 0.4) is 0 Å². The molecule has 1 amide bonds. The Kier molecular flexibility index (Phi) is 6.56. The summed E-state index contributed by atoms with van der Waals surface area (Å²) >= 11 is 0. The standard InChI is InChI=1S/C20H24F4N4O/c1-13-5-3-4-6-15(13)12-26-7-9-27(10-8-26)20(29)14(2)28-17(19(23)24)11-16(25-28)18(21)22/h3-6,11,14,18-19H,7-10,12H2,1-2H3. The van der Waals surface area contributed by atoms with Crippen molar-refractivity contribution < 1.29 is 22.4 Å². The maximum absolute atomic E-state index is 13.2. The minimum absolute atomic E-state index is 0.397. The molecule has 2 aromatic rings. The van der Waals surface area contributed by atoms with Crippen molar-refractivity contribution in [3.05, 3.63) is 52.8 Å². The molecule has 1 atom stereocenters. The van der Waals surface area contributed by atoms with E-state index in [0.29, 0.717) is 32.2 Å². The van der Waals surface area contributed by atoms with Crippen LogP contribution in [0, 0.1) is 6.92 Å². The molecular formula is C20H24F4N4O. The molecule has 1 fully saturated rings. The van der Waals surface area contributed by atoms with Crippen LogP contribution in [0.5, 0.6) is 0 Å². The average Bonchev–Trinajstić information content (AvgIpc) is 3.15. The van der Waals surface area contributed by atoms with Gasteiger partial charge < -0.3 is 4.90 Å². The van der Waals surface area contributed by atoms with Gasteiger partial charge in [0.05, 0.1) is 0 Å². The number of rotatable bonds is 6. The summed E-state index contributed by atoms with van der Waals surface area (Å²) in [7, 11) is 0. The van der Waals surface area contributed by atoms with Gasteiger partial charge in [-0.1, -0.05) is 24.3 Å². The lowest BCUT2D eigenvalue weighted by Gasteiger charge is -2.36. The zero-order valence-electron chi connectivity index (χ0n) is 16.4. The molecule has 9 heteroatoms. The summed E-state index contributed by atoms with van der Waals surface area (Å²) in [5.41, 5.74) is 1.01. The van der Waals surface area contributed by atoms with Gasteiger partial charge in [-0.2, -0.15) is 5.10 Å². The van der Waals surface area contributed by atoms with Crippen LogP contribution in [-0.4, -0.2) is 51.7 Å². The van der Waals surface area contributed by atoms with Crippen molar-refractivity contribution in [3.63, 3.8) is 0 Å². The number of carbonyl (C=O) groups is 1. The van der Waals surface area contributed by atoms with Gasteiger partial charge in [0.2, 0.25) is 5.91 Å². The highest BCUT2D eigenvalue weighted by molar-refractivity contribution is 5.80. The van der Waals surface area contributed by atoms with Crippen molar-refractivity contribution >= 4 is 5.91 Å². The van der Waals surface area contributed by atoms with Crippen LogP contribution in [0.25, 0.3) is 0 Å². The number of benzene rings is 1. The molecule has 0 N–H and O–H groups in total. The highest BCUT2D eigenvalue weighted by Gasteiger charge is 2.31. The number of nitrogens with zero attached hydrogens (tertiary/aromatic N) is 4. The maximum Gasteiger partial charge on any atom is 0.282 e. The zero-order valence-corrected chi connectivity index (χ0v) is 16.4. The second-order valence-electron chi connectivity index (χ2n) is 7.24. The Hall–Kier alpha value is -2.42. The number of piperazine rings is 1. The van der Waals surface area contributed by atoms with Gasteiger partial charge in [-0.25, -0.2) is 17.6 Å². The Morgan fingerprint density at radius 2 is 1.72 bits per heavy atom. The van der Waals surface area contributed by atoms with Gasteiger partial charge in [0, 0.05) is 32.7 Å². The first-order chi connectivity index (χ1) is 13.8. The molecule has 0 saturated carbocycles. The highest BCUT2D eigenvalue weighted by atomic mass is 19.3. The van der Waals surface area contributed by atoms with Crippen molar-refractivity contribution in [1.29, 1.82) is 0 Å². The number of carbonyl (C=O) groups excluding carboxylic acids is 1. The van der Waals surface area contributed by atoms with E-state index < -0.39 is 36.2 Å². The van der Waals surface area contributed by atoms with E-state index in [1.54, 1.807) is 4.90 Å². The summed E-state index contributed by atoms with van der Waals surface area (Å²) in [4.78, 5) is 16.6. The third-order valence-electron chi connectivity index (χ3n) is 5.29. The first kappa shape index (κ1) is 21.3. The van der Waals surface area contributed by atoms with Crippen LogP contribution in [0.4, 0.5) is 17.6 Å². The Balaban J connectivity index is 1.64. The number of hydrogen-bond acceptors (Lipinski definition) is 3. The van der Waals surface area contributed by atoms with Crippen molar-refractivity contribution in [2.45, 2.75) is 39.3 Å². The quantitative estimate of drug-likeness (QED) is 0.675. The molecule has 1 aliphatic heterocycles. The lowest BCUT2D eigenvalue weighted by atomic mass is 10.1. The fraction of sp³-hybridized carbons (Fsp3) is 0.500. The third kappa shape index (κ3) is 4.77. The van der Waals surface area contributed by atoms with Crippen molar-refractivity contribution in [2.24, 2.45) is 0 Å². The summed E-state index contributed by atoms with van der Waals surface area (Å²) in [6, 6.07) is 7.68. The maximum atomic E-state index is 13.2. The largest absolute Gasteiger partial charge is 0.338 e. The topological polar surface area (TPSA) is 41.4 Å². The first-order valence-electron chi connectivity index (χ1n) is 9.49. The van der Waals surface area contributed by atoms with Gasteiger partial charge in [-0.3, -0.25) is 14.4 Å². The van der Waals surface area contributed by atoms with Gasteiger partial charge in [-0.05, 0) is 31.0 Å². The number of aromatic nitrogens is 2. The smallest absolute Gasteiger partial charge is 0.282 e. The van der Waals surface area contributed by atoms with E-state index in [-0.39, 0.29) is 0 Å². The second kappa shape index (κ2) is 8.94. The van der Waals surface area contributed by atoms with E-state index in [1.807, 2.05) is 12.1 Å². The summed E-state index contributed by atoms with van der Waals surface area (Å²) < 4.78 is 52.9. The van der Waals surface area contributed by atoms with Crippen LogP contribution in [0.2, 0.25) is 0 Å². The van der Waals surface area contributed by atoms with E-state index >= 15 is 0 Å². The van der Waals surface area contributed by atoms with Crippen LogP contribution in [0.15, 0.2) is 30.3 Å². The summed E-state index contributed by atoms with van der Waals surface area (Å²) in [5.74, 6) is -0.397. The Labute approximate surface area is 166 Å². The van der Waals surface area contributed by atoms with E-state index in [2.05, 4.69) is 29.1 Å². The highest BCUT2D eigenvalue weighted by Crippen LogP contribution is 2.28. The SMILES string of the molecule is Cc1ccccc1CN1CCN(C(=O)C(C)n2nc(C(F)F)cc2C(F)F)CC1. The number of aryl methyl sites for hydroxylation is 1. The lowest BCUT2D eigenvalue weighted by Crippen LogP contribution is -2.50. The fourth-order valence-electron chi connectivity index (χ4n) is 3.53. The van der Waals surface area contributed by atoms with Crippen LogP contribution < -0.4 is 0 Å². The predicted octanol–water partition coefficient (Wildman–Crippen LogP) is 3.97. The molecule has 158 valence electrons. The Morgan fingerprint density at radius 1 is 1.07 bits per heavy atom. The van der Waals surface area contributed by atoms with E-state index in [0.717, 1.165) is 11.2 Å². The van der Waals surface area contributed by atoms with Gasteiger partial charge in [-0.15, -0.1) is 0 Å². The lowest BCUT2D eigenvalue weighted by molar-refractivity contribution is -0.136. The minimum atomic E-state index is -2.99. The van der Waals surface area contributed by atoms with Gasteiger partial charge >= 0.3 is 0 Å². The molecule has 0 bridgehead atoms. The molecule has 0 spiro atoms. The number of halogens is 4. The minimum Gasteiger partial charge on any atom is -0.338 e. The molecule has 1 aromatic carbocycles. The Bertz CT molecular complexity index is 847. The third-order valence-corrected chi connectivity index (χ3v) is 5.29. The predicted molar refractivity (Wildman–Crippen MR) is 99.9 cm³/mol. The molecule has 1 unspecified atom stereocenters. The Morgan fingerprint density at radius 3 is 2.31 bits per heavy atom. The number of amides is 1. The molecule has 3 rings (SSSR count). The summed E-state index contributed by atoms with van der Waals surface area (Å²) in [6.07, 6.45) is -5.96. The van der Waals surface area contributed by atoms with Crippen molar-refractivity contribution in [1.82, 2.24) is 19.6 Å². The van der Waals surface area contributed by atoms with Gasteiger partial charge in [0.15, 0.2) is 0 Å². The first-order valence-corrected chi connectivity index (χ1v) is 9.49. The molecule has 1 aromatic heterocycles. The van der Waals surface area contributed by atoms with E-state index in [1.165, 1.54) is 18.1 Å². The molecule has 1 aliphatic rings. The van der Waals surface area contributed by atoms with E-state index in [4.69, 9.17) is 0 Å². The zero-order chi connectivity index (χ0) is 21.1. The van der Waals surface area contributed by atoms with Crippen molar-refractivity contribution in [2.75, 3.05) is 26.2 Å². The molecule has 1 saturated heterocycles. The van der Waals surface area contributed by atoms with E-state index in [9.17, 15) is 22.4 Å². The molecule has 0 radical (unpaired) electrons. The molecule has 2 heterocycles. The number of hydrogen-bond donors (Lipinski definition) is 0. The average molecular weight is 412 g/mol. The molecule has 5 nitrogen and oxygen atoms in total. The van der Waals surface area contributed by atoms with Crippen LogP contribution >= 0.6 is 0 Å². The molecular weight excluding hydrogens is 388 g/mol. The number of alkyl halides is 4. The normalized spacial score (nSPS) is 16.6.